The molecule has 126 valence electrons. The third kappa shape index (κ3) is 4.89. The van der Waals surface area contributed by atoms with Crippen LogP contribution in [0.25, 0.3) is 0 Å². The smallest absolute Gasteiger partial charge is 0.158 e. The van der Waals surface area contributed by atoms with E-state index in [1.165, 1.54) is 31.2 Å². The van der Waals surface area contributed by atoms with E-state index in [1.807, 2.05) is 0 Å². The van der Waals surface area contributed by atoms with Crippen molar-refractivity contribution in [2.75, 3.05) is 13.2 Å². The normalized spacial score (nSPS) is 25.3. The number of carbonyl (C=O) groups is 1. The Labute approximate surface area is 139 Å². The van der Waals surface area contributed by atoms with E-state index >= 15 is 0 Å². The molecule has 23 heavy (non-hydrogen) atoms. The Morgan fingerprint density at radius 1 is 1.00 bits per heavy atom. The first-order valence-electron chi connectivity index (χ1n) is 9.13. The van der Waals surface area contributed by atoms with Gasteiger partial charge >= 0.3 is 0 Å². The fraction of sp³-hybridized carbons (Fsp3) is 0.650. The van der Waals surface area contributed by atoms with E-state index < -0.39 is 0 Å². The molecule has 0 aromatic heterocycles. The molecular formula is C20H28O3. The summed E-state index contributed by atoms with van der Waals surface area (Å²) in [5, 5.41) is 0. The van der Waals surface area contributed by atoms with Gasteiger partial charge in [-0.05, 0) is 37.2 Å². The molecule has 0 spiro atoms. The van der Waals surface area contributed by atoms with Crippen LogP contribution in [0.1, 0.15) is 50.5 Å². The predicted molar refractivity (Wildman–Crippen MR) is 90.1 cm³/mol. The van der Waals surface area contributed by atoms with Crippen LogP contribution in [0, 0.1) is 11.8 Å². The molecule has 0 unspecified atom stereocenters. The summed E-state index contributed by atoms with van der Waals surface area (Å²) in [4.78, 5) is 12.1. The van der Waals surface area contributed by atoms with Gasteiger partial charge in [0, 0.05) is 18.8 Å². The molecule has 1 aromatic rings. The Hall–Kier alpha value is -1.19. The summed E-state index contributed by atoms with van der Waals surface area (Å²) in [5.74, 6) is 1.15. The van der Waals surface area contributed by atoms with Gasteiger partial charge in [-0.15, -0.1) is 0 Å². The maximum absolute atomic E-state index is 12.1. The van der Waals surface area contributed by atoms with Crippen LogP contribution in [0.2, 0.25) is 0 Å². The molecule has 3 rings (SSSR count). The first-order valence-corrected chi connectivity index (χ1v) is 9.13. The molecule has 1 saturated heterocycles. The van der Waals surface area contributed by atoms with Crippen LogP contribution in [0.15, 0.2) is 30.3 Å². The number of benzene rings is 1. The van der Waals surface area contributed by atoms with E-state index in [0.717, 1.165) is 25.7 Å². The molecule has 1 aliphatic heterocycles. The average molecular weight is 316 g/mol. The lowest BCUT2D eigenvalue weighted by Gasteiger charge is -2.20. The van der Waals surface area contributed by atoms with Crippen LogP contribution >= 0.6 is 0 Å². The lowest BCUT2D eigenvalue weighted by atomic mass is 9.87. The zero-order chi connectivity index (χ0) is 15.9. The minimum absolute atomic E-state index is 0.136. The lowest BCUT2D eigenvalue weighted by Crippen LogP contribution is -2.22. The SMILES string of the molecule is O=C1CC[C@H](CCCCCc2ccccc2)[C@H]1CC1OCCO1. The molecule has 0 bridgehead atoms. The summed E-state index contributed by atoms with van der Waals surface area (Å²) in [6, 6.07) is 10.7. The number of aryl methyl sites for hydroxylation is 1. The largest absolute Gasteiger partial charge is 0.350 e. The monoisotopic (exact) mass is 316 g/mol. The van der Waals surface area contributed by atoms with Gasteiger partial charge in [0.25, 0.3) is 0 Å². The number of Topliss-reactive ketones (excluding diaryl/α,β-unsaturated/α-hetero) is 1. The molecule has 2 atom stereocenters. The molecule has 3 heteroatoms. The third-order valence-electron chi connectivity index (χ3n) is 5.26. The van der Waals surface area contributed by atoms with E-state index in [-0.39, 0.29) is 12.2 Å². The van der Waals surface area contributed by atoms with E-state index in [9.17, 15) is 4.79 Å². The molecule has 0 radical (unpaired) electrons. The number of rotatable bonds is 8. The Bertz CT molecular complexity index is 479. The van der Waals surface area contributed by atoms with Crippen molar-refractivity contribution in [1.29, 1.82) is 0 Å². The van der Waals surface area contributed by atoms with Crippen molar-refractivity contribution >= 4 is 5.78 Å². The molecular weight excluding hydrogens is 288 g/mol. The number of carbonyl (C=O) groups excluding carboxylic acids is 1. The summed E-state index contributed by atoms with van der Waals surface area (Å²) in [6.45, 7) is 1.35. The summed E-state index contributed by atoms with van der Waals surface area (Å²) in [6.07, 6.45) is 8.52. The molecule has 2 fully saturated rings. The van der Waals surface area contributed by atoms with Crippen LogP contribution in [0.4, 0.5) is 0 Å². The Balaban J connectivity index is 1.36. The van der Waals surface area contributed by atoms with E-state index in [0.29, 0.717) is 24.9 Å². The van der Waals surface area contributed by atoms with Crippen LogP contribution in [0.3, 0.4) is 0 Å². The molecule has 2 aliphatic rings. The number of hydrogen-bond acceptors (Lipinski definition) is 3. The van der Waals surface area contributed by atoms with Crippen molar-refractivity contribution in [3.63, 3.8) is 0 Å². The highest BCUT2D eigenvalue weighted by Crippen LogP contribution is 2.36. The summed E-state index contributed by atoms with van der Waals surface area (Å²) in [5.41, 5.74) is 1.43. The first-order chi connectivity index (χ1) is 11.3. The quantitative estimate of drug-likeness (QED) is 0.676. The van der Waals surface area contributed by atoms with Crippen LogP contribution in [-0.2, 0) is 20.7 Å². The zero-order valence-corrected chi connectivity index (χ0v) is 13.9. The molecule has 3 nitrogen and oxygen atoms in total. The van der Waals surface area contributed by atoms with Gasteiger partial charge in [0.05, 0.1) is 13.2 Å². The van der Waals surface area contributed by atoms with Crippen molar-refractivity contribution in [2.45, 2.75) is 57.7 Å². The summed E-state index contributed by atoms with van der Waals surface area (Å²) in [7, 11) is 0. The van der Waals surface area contributed by atoms with Gasteiger partial charge < -0.3 is 9.47 Å². The van der Waals surface area contributed by atoms with Gasteiger partial charge in [-0.1, -0.05) is 43.2 Å². The summed E-state index contributed by atoms with van der Waals surface area (Å²) < 4.78 is 11.1. The van der Waals surface area contributed by atoms with Gasteiger partial charge in [-0.2, -0.15) is 0 Å². The standard InChI is InChI=1S/C20H28O3/c21-19-12-11-17(18(19)15-20-22-13-14-23-20)10-6-2-5-9-16-7-3-1-4-8-16/h1,3-4,7-8,17-18,20H,2,5-6,9-15H2/t17-,18+/m0/s1. The minimum atomic E-state index is -0.136. The van der Waals surface area contributed by atoms with Gasteiger partial charge in [-0.25, -0.2) is 0 Å². The van der Waals surface area contributed by atoms with Crippen LogP contribution in [0.5, 0.6) is 0 Å². The second-order valence-corrected chi connectivity index (χ2v) is 6.86. The van der Waals surface area contributed by atoms with Crippen LogP contribution in [-0.4, -0.2) is 25.3 Å². The highest BCUT2D eigenvalue weighted by Gasteiger charge is 2.36. The highest BCUT2D eigenvalue weighted by atomic mass is 16.7. The predicted octanol–water partition coefficient (Wildman–Crippen LogP) is 4.15. The molecule has 1 aromatic carbocycles. The molecule has 1 heterocycles. The van der Waals surface area contributed by atoms with E-state index in [4.69, 9.17) is 9.47 Å². The van der Waals surface area contributed by atoms with Gasteiger partial charge in [-0.3, -0.25) is 4.79 Å². The average Bonchev–Trinajstić information content (AvgIpc) is 3.20. The Kier molecular flexibility index (Phi) is 6.23. The number of ether oxygens (including phenoxy) is 2. The minimum Gasteiger partial charge on any atom is -0.350 e. The maximum Gasteiger partial charge on any atom is 0.158 e. The second kappa shape index (κ2) is 8.60. The Morgan fingerprint density at radius 2 is 1.78 bits per heavy atom. The second-order valence-electron chi connectivity index (χ2n) is 6.86. The van der Waals surface area contributed by atoms with Crippen molar-refractivity contribution in [2.24, 2.45) is 11.8 Å². The fourth-order valence-corrected chi connectivity index (χ4v) is 3.95. The van der Waals surface area contributed by atoms with Crippen molar-refractivity contribution < 1.29 is 14.3 Å². The topological polar surface area (TPSA) is 35.5 Å². The molecule has 1 aliphatic carbocycles. The zero-order valence-electron chi connectivity index (χ0n) is 13.9. The number of ketones is 1. The third-order valence-corrected chi connectivity index (χ3v) is 5.26. The van der Waals surface area contributed by atoms with E-state index in [1.54, 1.807) is 0 Å². The van der Waals surface area contributed by atoms with Gasteiger partial charge in [0.1, 0.15) is 5.78 Å². The lowest BCUT2D eigenvalue weighted by molar-refractivity contribution is -0.125. The Morgan fingerprint density at radius 3 is 2.57 bits per heavy atom. The summed E-state index contributed by atoms with van der Waals surface area (Å²) >= 11 is 0. The number of hydrogen-bond donors (Lipinski definition) is 0. The van der Waals surface area contributed by atoms with Gasteiger partial charge in [0.15, 0.2) is 6.29 Å². The van der Waals surface area contributed by atoms with Gasteiger partial charge in [0.2, 0.25) is 0 Å². The first kappa shape index (κ1) is 16.7. The molecule has 0 N–H and O–H groups in total. The maximum atomic E-state index is 12.1. The van der Waals surface area contributed by atoms with Crippen molar-refractivity contribution in [3.8, 4) is 0 Å². The molecule has 1 saturated carbocycles. The fourth-order valence-electron chi connectivity index (χ4n) is 3.95. The highest BCUT2D eigenvalue weighted by molar-refractivity contribution is 5.83. The van der Waals surface area contributed by atoms with Crippen molar-refractivity contribution in [1.82, 2.24) is 0 Å². The van der Waals surface area contributed by atoms with E-state index in [2.05, 4.69) is 30.3 Å². The van der Waals surface area contributed by atoms with Crippen molar-refractivity contribution in [3.05, 3.63) is 35.9 Å². The number of unbranched alkanes of at least 4 members (excludes halogenated alkanes) is 2. The van der Waals surface area contributed by atoms with Crippen LogP contribution < -0.4 is 0 Å². The molecule has 0 amide bonds.